The summed E-state index contributed by atoms with van der Waals surface area (Å²) in [5, 5.41) is 7.83. The summed E-state index contributed by atoms with van der Waals surface area (Å²) < 4.78 is 4.77. The zero-order chi connectivity index (χ0) is 11.1. The molecule has 0 aliphatic carbocycles. The first-order valence-corrected chi connectivity index (χ1v) is 4.85. The van der Waals surface area contributed by atoms with Crippen molar-refractivity contribution in [3.63, 3.8) is 0 Å². The number of nitrogens with zero attached hydrogens (tertiary/aromatic N) is 2. The fourth-order valence-electron chi connectivity index (χ4n) is 0.994. The largest absolute Gasteiger partial charge is 0.466 e. The van der Waals surface area contributed by atoms with Gasteiger partial charge in [0.05, 0.1) is 24.4 Å². The van der Waals surface area contributed by atoms with E-state index >= 15 is 0 Å². The van der Waals surface area contributed by atoms with Crippen molar-refractivity contribution in [3.8, 4) is 0 Å². The van der Waals surface area contributed by atoms with Gasteiger partial charge >= 0.3 is 5.97 Å². The molecule has 0 saturated carbocycles. The van der Waals surface area contributed by atoms with E-state index in [0.29, 0.717) is 6.61 Å². The Morgan fingerprint density at radius 2 is 2.27 bits per heavy atom. The average molecular weight is 206 g/mol. The highest BCUT2D eigenvalue weighted by atomic mass is 16.5. The molecular weight excluding hydrogens is 192 g/mol. The Labute approximate surface area is 89.0 Å². The maximum absolute atomic E-state index is 11.0. The van der Waals surface area contributed by atoms with Crippen LogP contribution in [-0.4, -0.2) is 22.8 Å². The Morgan fingerprint density at radius 1 is 1.47 bits per heavy atom. The lowest BCUT2D eigenvalue weighted by atomic mass is 10.3. The molecule has 0 atom stereocenters. The van der Waals surface area contributed by atoms with Gasteiger partial charge in [0.1, 0.15) is 0 Å². The second-order valence-electron chi connectivity index (χ2n) is 3.01. The summed E-state index contributed by atoms with van der Waals surface area (Å²) in [6.07, 6.45) is 3.74. The number of carbonyl (C=O) groups excluding carboxylic acids is 1. The summed E-state index contributed by atoms with van der Waals surface area (Å²) >= 11 is 0. The van der Waals surface area contributed by atoms with E-state index in [9.17, 15) is 4.79 Å². The molecule has 0 fully saturated rings. The van der Waals surface area contributed by atoms with Gasteiger partial charge in [-0.2, -0.15) is 10.2 Å². The van der Waals surface area contributed by atoms with Gasteiger partial charge in [-0.15, -0.1) is 0 Å². The van der Waals surface area contributed by atoms with Crippen molar-refractivity contribution in [2.45, 2.75) is 20.3 Å². The lowest BCUT2D eigenvalue weighted by Crippen LogP contribution is -2.01. The number of ether oxygens (including phenoxy) is 1. The number of hydrogen-bond acceptors (Lipinski definition) is 4. The smallest absolute Gasteiger partial charge is 0.309 e. The van der Waals surface area contributed by atoms with Crippen LogP contribution in [0.2, 0.25) is 0 Å². The number of hydrogen-bond donors (Lipinski definition) is 0. The summed E-state index contributed by atoms with van der Waals surface area (Å²) in [5.74, 6) is -0.228. The first-order valence-electron chi connectivity index (χ1n) is 4.85. The molecular formula is C11H14N2O2. The van der Waals surface area contributed by atoms with Crippen LogP contribution in [0, 0.1) is 6.92 Å². The minimum Gasteiger partial charge on any atom is -0.466 e. The second kappa shape index (κ2) is 5.90. The number of aryl methyl sites for hydroxylation is 1. The van der Waals surface area contributed by atoms with Crippen molar-refractivity contribution in [2.75, 3.05) is 6.61 Å². The Morgan fingerprint density at radius 3 is 2.87 bits per heavy atom. The van der Waals surface area contributed by atoms with Gasteiger partial charge in [0, 0.05) is 0 Å². The topological polar surface area (TPSA) is 52.1 Å². The van der Waals surface area contributed by atoms with Crippen LogP contribution in [-0.2, 0) is 9.53 Å². The molecule has 0 radical (unpaired) electrons. The van der Waals surface area contributed by atoms with E-state index in [1.54, 1.807) is 19.1 Å². The molecule has 1 aromatic heterocycles. The van der Waals surface area contributed by atoms with Crippen LogP contribution in [0.4, 0.5) is 0 Å². The van der Waals surface area contributed by atoms with Crippen LogP contribution in [0.3, 0.4) is 0 Å². The van der Waals surface area contributed by atoms with E-state index in [1.807, 2.05) is 19.1 Å². The molecule has 0 bridgehead atoms. The molecule has 0 aliphatic heterocycles. The molecule has 15 heavy (non-hydrogen) atoms. The van der Waals surface area contributed by atoms with Crippen LogP contribution in [0.5, 0.6) is 0 Å². The SMILES string of the molecule is CCOC(=O)CC=Cc1ccc(C)nn1. The quantitative estimate of drug-likeness (QED) is 0.704. The minimum absolute atomic E-state index is 0.228. The second-order valence-corrected chi connectivity index (χ2v) is 3.01. The fraction of sp³-hybridized carbons (Fsp3) is 0.364. The summed E-state index contributed by atoms with van der Waals surface area (Å²) in [7, 11) is 0. The summed E-state index contributed by atoms with van der Waals surface area (Å²) in [6, 6.07) is 3.72. The molecule has 0 spiro atoms. The molecule has 4 heteroatoms. The van der Waals surface area contributed by atoms with Gasteiger partial charge in [-0.1, -0.05) is 6.08 Å². The van der Waals surface area contributed by atoms with Gasteiger partial charge in [0.25, 0.3) is 0 Å². The number of carbonyl (C=O) groups is 1. The first-order chi connectivity index (χ1) is 7.22. The molecule has 4 nitrogen and oxygen atoms in total. The Balaban J connectivity index is 2.44. The molecule has 0 amide bonds. The molecule has 1 heterocycles. The minimum atomic E-state index is -0.228. The third kappa shape index (κ3) is 4.35. The van der Waals surface area contributed by atoms with Crippen LogP contribution in [0.25, 0.3) is 6.08 Å². The van der Waals surface area contributed by atoms with Crippen LogP contribution < -0.4 is 0 Å². The van der Waals surface area contributed by atoms with Crippen LogP contribution in [0.1, 0.15) is 24.7 Å². The van der Waals surface area contributed by atoms with Gasteiger partial charge in [-0.3, -0.25) is 4.79 Å². The molecule has 0 aromatic carbocycles. The number of rotatable bonds is 4. The van der Waals surface area contributed by atoms with Crippen molar-refractivity contribution in [2.24, 2.45) is 0 Å². The molecule has 1 aromatic rings. The Kier molecular flexibility index (Phi) is 4.47. The van der Waals surface area contributed by atoms with E-state index in [1.165, 1.54) is 0 Å². The van der Waals surface area contributed by atoms with E-state index in [2.05, 4.69) is 10.2 Å². The standard InChI is InChI=1S/C11H14N2O2/c1-3-15-11(14)6-4-5-10-8-7-9(2)12-13-10/h4-5,7-8H,3,6H2,1-2H3. The van der Waals surface area contributed by atoms with Gasteiger partial charge in [-0.25, -0.2) is 0 Å². The van der Waals surface area contributed by atoms with E-state index in [4.69, 9.17) is 4.74 Å². The van der Waals surface area contributed by atoms with Gasteiger partial charge in [0.15, 0.2) is 0 Å². The predicted octanol–water partition coefficient (Wildman–Crippen LogP) is 1.75. The predicted molar refractivity (Wildman–Crippen MR) is 57.1 cm³/mol. The van der Waals surface area contributed by atoms with Gasteiger partial charge < -0.3 is 4.74 Å². The highest BCUT2D eigenvalue weighted by molar-refractivity contribution is 5.72. The van der Waals surface area contributed by atoms with Gasteiger partial charge in [0.2, 0.25) is 0 Å². The fourth-order valence-corrected chi connectivity index (χ4v) is 0.994. The van der Waals surface area contributed by atoms with Crippen molar-refractivity contribution >= 4 is 12.0 Å². The van der Waals surface area contributed by atoms with E-state index in [0.717, 1.165) is 11.4 Å². The number of esters is 1. The average Bonchev–Trinajstić information content (AvgIpc) is 2.21. The highest BCUT2D eigenvalue weighted by Crippen LogP contribution is 1.99. The Bertz CT molecular complexity index is 344. The third-order valence-corrected chi connectivity index (χ3v) is 1.70. The maximum atomic E-state index is 11.0. The first kappa shape index (κ1) is 11.4. The molecule has 80 valence electrons. The van der Waals surface area contributed by atoms with Crippen LogP contribution >= 0.6 is 0 Å². The maximum Gasteiger partial charge on any atom is 0.309 e. The van der Waals surface area contributed by atoms with Crippen molar-refractivity contribution in [3.05, 3.63) is 29.6 Å². The van der Waals surface area contributed by atoms with Gasteiger partial charge in [-0.05, 0) is 32.1 Å². The van der Waals surface area contributed by atoms with E-state index < -0.39 is 0 Å². The lowest BCUT2D eigenvalue weighted by Gasteiger charge is -1.96. The molecule has 0 saturated heterocycles. The van der Waals surface area contributed by atoms with Crippen molar-refractivity contribution in [1.82, 2.24) is 10.2 Å². The zero-order valence-electron chi connectivity index (χ0n) is 8.93. The van der Waals surface area contributed by atoms with Crippen molar-refractivity contribution < 1.29 is 9.53 Å². The monoisotopic (exact) mass is 206 g/mol. The summed E-state index contributed by atoms with van der Waals surface area (Å²) in [5.41, 5.74) is 1.61. The third-order valence-electron chi connectivity index (χ3n) is 1.70. The van der Waals surface area contributed by atoms with Crippen molar-refractivity contribution in [1.29, 1.82) is 0 Å². The van der Waals surface area contributed by atoms with E-state index in [-0.39, 0.29) is 12.4 Å². The molecule has 1 rings (SSSR count). The zero-order valence-corrected chi connectivity index (χ0v) is 8.93. The highest BCUT2D eigenvalue weighted by Gasteiger charge is 1.96. The molecule has 0 aliphatic rings. The normalized spacial score (nSPS) is 10.5. The molecule has 0 unspecified atom stereocenters. The lowest BCUT2D eigenvalue weighted by molar-refractivity contribution is -0.142. The number of aromatic nitrogens is 2. The summed E-state index contributed by atoms with van der Waals surface area (Å²) in [4.78, 5) is 11.0. The van der Waals surface area contributed by atoms with Crippen LogP contribution in [0.15, 0.2) is 18.2 Å². The summed E-state index contributed by atoms with van der Waals surface area (Å²) in [6.45, 7) is 4.07. The Hall–Kier alpha value is -1.71. The molecule has 0 N–H and O–H groups in total.